The third-order valence-corrected chi connectivity index (χ3v) is 5.82. The highest BCUT2D eigenvalue weighted by molar-refractivity contribution is 6.31. The van der Waals surface area contributed by atoms with Crippen molar-refractivity contribution in [3.8, 4) is 0 Å². The number of carbonyl (C=O) groups excluding carboxylic acids is 1. The molecule has 2 aliphatic rings. The zero-order valence-corrected chi connectivity index (χ0v) is 17.3. The minimum Gasteiger partial charge on any atom is -0.394 e. The summed E-state index contributed by atoms with van der Waals surface area (Å²) in [6.45, 7) is 3.81. The van der Waals surface area contributed by atoms with E-state index in [0.29, 0.717) is 5.92 Å². The lowest BCUT2D eigenvalue weighted by Crippen LogP contribution is -2.53. The maximum atomic E-state index is 13.3. The number of ether oxygens (including phenoxy) is 1. The number of halogens is 3. The number of rotatable bonds is 5. The molecule has 0 saturated carbocycles. The van der Waals surface area contributed by atoms with Gasteiger partial charge in [0.05, 0.1) is 23.8 Å². The van der Waals surface area contributed by atoms with Gasteiger partial charge in [0.25, 0.3) is 5.91 Å². The van der Waals surface area contributed by atoms with Crippen LogP contribution in [0.3, 0.4) is 0 Å². The van der Waals surface area contributed by atoms with Crippen LogP contribution in [0.4, 0.5) is 4.39 Å². The van der Waals surface area contributed by atoms with Gasteiger partial charge in [-0.05, 0) is 50.0 Å². The minimum atomic E-state index is -0.814. The van der Waals surface area contributed by atoms with Gasteiger partial charge in [0.15, 0.2) is 0 Å². The number of amides is 1. The number of piperidine rings is 1. The van der Waals surface area contributed by atoms with Gasteiger partial charge in [-0.1, -0.05) is 18.5 Å². The van der Waals surface area contributed by atoms with Crippen LogP contribution in [0, 0.1) is 11.7 Å². The highest BCUT2D eigenvalue weighted by atomic mass is 35.5. The van der Waals surface area contributed by atoms with Crippen LogP contribution in [0.15, 0.2) is 18.2 Å². The van der Waals surface area contributed by atoms with Crippen LogP contribution < -0.4 is 5.32 Å². The molecule has 1 amide bonds. The second-order valence-corrected chi connectivity index (χ2v) is 7.84. The van der Waals surface area contributed by atoms with E-state index in [0.717, 1.165) is 32.0 Å². The van der Waals surface area contributed by atoms with Crippen molar-refractivity contribution in [2.75, 3.05) is 26.2 Å². The van der Waals surface area contributed by atoms with E-state index in [1.807, 2.05) is 0 Å². The first-order chi connectivity index (χ1) is 12.9. The molecule has 2 aliphatic heterocycles. The topological polar surface area (TPSA) is 82.0 Å². The van der Waals surface area contributed by atoms with Crippen molar-refractivity contribution in [3.05, 3.63) is 34.6 Å². The molecular weight excluding hydrogens is 410 g/mol. The number of hydrogen-bond acceptors (Lipinski definition) is 5. The van der Waals surface area contributed by atoms with Crippen molar-refractivity contribution in [3.63, 3.8) is 0 Å². The smallest absolute Gasteiger partial charge is 0.251 e. The van der Waals surface area contributed by atoms with Crippen molar-refractivity contribution in [2.24, 2.45) is 5.92 Å². The summed E-state index contributed by atoms with van der Waals surface area (Å²) >= 11 is 5.73. The Morgan fingerprint density at radius 1 is 1.36 bits per heavy atom. The quantitative estimate of drug-likeness (QED) is 0.655. The average Bonchev–Trinajstić information content (AvgIpc) is 2.98. The molecule has 28 heavy (non-hydrogen) atoms. The van der Waals surface area contributed by atoms with Crippen molar-refractivity contribution in [1.29, 1.82) is 0 Å². The summed E-state index contributed by atoms with van der Waals surface area (Å²) in [4.78, 5) is 14.5. The Kier molecular flexibility index (Phi) is 8.48. The monoisotopic (exact) mass is 436 g/mol. The molecule has 4 atom stereocenters. The van der Waals surface area contributed by atoms with E-state index in [-0.39, 0.29) is 42.2 Å². The van der Waals surface area contributed by atoms with Crippen molar-refractivity contribution < 1.29 is 24.1 Å². The maximum Gasteiger partial charge on any atom is 0.251 e. The number of carbonyl (C=O) groups is 1. The van der Waals surface area contributed by atoms with E-state index in [1.165, 1.54) is 12.1 Å². The fraction of sp³-hybridized carbons (Fsp3) is 0.632. The van der Waals surface area contributed by atoms with Crippen LogP contribution >= 0.6 is 24.0 Å². The first-order valence-corrected chi connectivity index (χ1v) is 9.70. The number of nitrogens with zero attached hydrogens (tertiary/aromatic N) is 1. The van der Waals surface area contributed by atoms with Gasteiger partial charge < -0.3 is 20.3 Å². The van der Waals surface area contributed by atoms with Gasteiger partial charge in [0.1, 0.15) is 18.0 Å². The van der Waals surface area contributed by atoms with Crippen LogP contribution in [0.1, 0.15) is 30.1 Å². The van der Waals surface area contributed by atoms with Crippen LogP contribution in [-0.2, 0) is 4.74 Å². The average molecular weight is 437 g/mol. The highest BCUT2D eigenvalue weighted by Gasteiger charge is 2.46. The molecule has 1 aromatic rings. The summed E-state index contributed by atoms with van der Waals surface area (Å²) in [5.74, 6) is -0.329. The van der Waals surface area contributed by atoms with Crippen molar-refractivity contribution in [2.45, 2.75) is 44.1 Å². The number of aliphatic hydroxyl groups excluding tert-OH is 2. The second-order valence-electron chi connectivity index (χ2n) is 7.43. The normalized spacial score (nSPS) is 28.8. The molecule has 2 heterocycles. The van der Waals surface area contributed by atoms with Crippen LogP contribution in [-0.4, -0.2) is 71.6 Å². The van der Waals surface area contributed by atoms with Crippen LogP contribution in [0.25, 0.3) is 0 Å². The van der Waals surface area contributed by atoms with Gasteiger partial charge in [-0.3, -0.25) is 9.69 Å². The fourth-order valence-electron chi connectivity index (χ4n) is 3.86. The zero-order valence-electron chi connectivity index (χ0n) is 15.7. The Labute approximate surface area is 175 Å². The fourth-order valence-corrected chi connectivity index (χ4v) is 4.04. The Morgan fingerprint density at radius 3 is 2.64 bits per heavy atom. The molecule has 1 aromatic carbocycles. The van der Waals surface area contributed by atoms with E-state index in [2.05, 4.69) is 17.1 Å². The first kappa shape index (κ1) is 23.3. The summed E-state index contributed by atoms with van der Waals surface area (Å²) in [5.41, 5.74) is 0.252. The third kappa shape index (κ3) is 5.14. The predicted octanol–water partition coefficient (Wildman–Crippen LogP) is 1.85. The van der Waals surface area contributed by atoms with Gasteiger partial charge in [-0.15, -0.1) is 12.4 Å². The van der Waals surface area contributed by atoms with E-state index in [4.69, 9.17) is 16.3 Å². The summed E-state index contributed by atoms with van der Waals surface area (Å²) in [6.07, 6.45) is 0.160. The van der Waals surface area contributed by atoms with E-state index in [1.54, 1.807) is 0 Å². The highest BCUT2D eigenvalue weighted by Crippen LogP contribution is 2.29. The number of likely N-dealkylation sites (tertiary alicyclic amines) is 1. The lowest BCUT2D eigenvalue weighted by Gasteiger charge is -2.38. The zero-order chi connectivity index (χ0) is 19.6. The molecule has 3 rings (SSSR count). The van der Waals surface area contributed by atoms with E-state index in [9.17, 15) is 19.4 Å². The molecule has 0 bridgehead atoms. The molecule has 2 fully saturated rings. The summed E-state index contributed by atoms with van der Waals surface area (Å²) in [6, 6.07) is 3.50. The molecule has 9 heteroatoms. The molecule has 2 saturated heterocycles. The second kappa shape index (κ2) is 10.2. The Balaban J connectivity index is 0.00000280. The molecule has 0 spiro atoms. The number of aliphatic hydroxyl groups is 2. The molecule has 158 valence electrons. The molecule has 3 N–H and O–H groups in total. The molecule has 0 unspecified atom stereocenters. The van der Waals surface area contributed by atoms with Gasteiger partial charge >= 0.3 is 0 Å². The van der Waals surface area contributed by atoms with Crippen LogP contribution in [0.5, 0.6) is 0 Å². The van der Waals surface area contributed by atoms with Gasteiger partial charge in [-0.2, -0.15) is 0 Å². The molecule has 0 aliphatic carbocycles. The molecule has 0 radical (unpaired) electrons. The Morgan fingerprint density at radius 2 is 2.04 bits per heavy atom. The molecule has 0 aromatic heterocycles. The van der Waals surface area contributed by atoms with Gasteiger partial charge in [0.2, 0.25) is 0 Å². The summed E-state index contributed by atoms with van der Waals surface area (Å²) in [5, 5.41) is 22.7. The maximum absolute atomic E-state index is 13.3. The van der Waals surface area contributed by atoms with E-state index < -0.39 is 30.0 Å². The Bertz CT molecular complexity index is 673. The number of benzene rings is 1. The van der Waals surface area contributed by atoms with Crippen molar-refractivity contribution >= 4 is 29.9 Å². The number of nitrogens with one attached hydrogen (secondary N) is 1. The first-order valence-electron chi connectivity index (χ1n) is 9.32. The summed E-state index contributed by atoms with van der Waals surface area (Å²) in [7, 11) is 0. The van der Waals surface area contributed by atoms with Gasteiger partial charge in [-0.25, -0.2) is 4.39 Å². The summed E-state index contributed by atoms with van der Waals surface area (Å²) < 4.78 is 19.1. The van der Waals surface area contributed by atoms with Gasteiger partial charge in [0, 0.05) is 12.1 Å². The third-order valence-electron chi connectivity index (χ3n) is 5.53. The SMILES string of the molecule is CC1CCN([C@@H]2[C@H](O)[C@H](CO)O[C@@H]2CNC(=O)c2ccc(F)c(Cl)c2)CC1.Cl. The minimum absolute atomic E-state index is 0. The lowest BCUT2D eigenvalue weighted by molar-refractivity contribution is -0.0209. The van der Waals surface area contributed by atoms with Crippen LogP contribution in [0.2, 0.25) is 5.02 Å². The molecule has 6 nitrogen and oxygen atoms in total. The molecular formula is C19H27Cl2FN2O4. The number of hydrogen-bond donors (Lipinski definition) is 3. The van der Waals surface area contributed by atoms with Crippen molar-refractivity contribution in [1.82, 2.24) is 10.2 Å². The van der Waals surface area contributed by atoms with E-state index >= 15 is 0 Å². The largest absolute Gasteiger partial charge is 0.394 e. The standard InChI is InChI=1S/C19H26ClFN2O4.ClH/c1-11-4-6-23(7-5-11)17-15(27-16(10-24)18(17)25)9-22-19(26)12-2-3-14(21)13(20)8-12;/h2-3,8,11,15-18,24-25H,4-7,9-10H2,1H3,(H,22,26);1H/t15-,16+,17+,18-;/m1./s1. The predicted molar refractivity (Wildman–Crippen MR) is 107 cm³/mol. The Hall–Kier alpha value is -0.960. The lowest BCUT2D eigenvalue weighted by atomic mass is 9.94.